The summed E-state index contributed by atoms with van der Waals surface area (Å²) in [6.45, 7) is 7.32. The number of carbonyl (C=O) groups excluding carboxylic acids is 1. The number of aryl methyl sites for hydroxylation is 1. The highest BCUT2D eigenvalue weighted by Crippen LogP contribution is 2.32. The molecule has 2 aliphatic heterocycles. The number of aliphatic imine (C=N–C) groups is 1. The van der Waals surface area contributed by atoms with Crippen LogP contribution < -0.4 is 0 Å². The second kappa shape index (κ2) is 8.02. The molecule has 2 aliphatic rings. The molecule has 0 radical (unpaired) electrons. The fraction of sp³-hybridized carbons (Fsp3) is 0.238. The van der Waals surface area contributed by atoms with Crippen LogP contribution in [0.4, 0.5) is 0 Å². The minimum atomic E-state index is -3.57. The van der Waals surface area contributed by atoms with Gasteiger partial charge < -0.3 is 4.57 Å². The molecule has 4 rings (SSSR count). The molecule has 11 heteroatoms. The van der Waals surface area contributed by atoms with Gasteiger partial charge in [0, 0.05) is 22.1 Å². The SMILES string of the molecule is CCS(=O)(=O)C1=NN2C(=N)/C(=C\c3cc(C)n(-c4cccc(Cl)c4C)c3C)C(=O)N=C2S1. The number of nitrogens with zero attached hydrogens (tertiary/aromatic N) is 4. The molecule has 1 aromatic carbocycles. The maximum atomic E-state index is 12.7. The quantitative estimate of drug-likeness (QED) is 0.654. The molecule has 0 spiro atoms. The molecule has 0 fully saturated rings. The molecule has 0 aliphatic carbocycles. The van der Waals surface area contributed by atoms with Crippen molar-refractivity contribution in [1.82, 2.24) is 9.58 Å². The number of thioether (sulfide) groups is 1. The predicted octanol–water partition coefficient (Wildman–Crippen LogP) is 4.07. The lowest BCUT2D eigenvalue weighted by atomic mass is 10.1. The maximum absolute atomic E-state index is 12.7. The van der Waals surface area contributed by atoms with Crippen LogP contribution in [0.3, 0.4) is 0 Å². The first-order valence-electron chi connectivity index (χ1n) is 9.72. The lowest BCUT2D eigenvalue weighted by Gasteiger charge is -2.20. The van der Waals surface area contributed by atoms with Crippen LogP contribution >= 0.6 is 23.4 Å². The third-order valence-electron chi connectivity index (χ3n) is 5.33. The third kappa shape index (κ3) is 3.62. The fourth-order valence-electron chi connectivity index (χ4n) is 3.52. The molecule has 1 amide bonds. The number of carbonyl (C=O) groups is 1. The Balaban J connectivity index is 1.77. The van der Waals surface area contributed by atoms with E-state index in [4.69, 9.17) is 17.0 Å². The maximum Gasteiger partial charge on any atom is 0.283 e. The fourth-order valence-corrected chi connectivity index (χ4v) is 5.86. The van der Waals surface area contributed by atoms with Crippen LogP contribution in [0, 0.1) is 26.2 Å². The molecule has 0 saturated heterocycles. The number of halogens is 1. The van der Waals surface area contributed by atoms with Crippen molar-refractivity contribution in [3.8, 4) is 5.69 Å². The Morgan fingerprint density at radius 2 is 1.97 bits per heavy atom. The van der Waals surface area contributed by atoms with Crippen LogP contribution in [0.15, 0.2) is 39.9 Å². The van der Waals surface area contributed by atoms with Gasteiger partial charge in [-0.25, -0.2) is 8.42 Å². The van der Waals surface area contributed by atoms with Crippen LogP contribution in [0.25, 0.3) is 11.8 Å². The minimum absolute atomic E-state index is 0.0383. The van der Waals surface area contributed by atoms with Crippen molar-refractivity contribution in [1.29, 1.82) is 5.41 Å². The van der Waals surface area contributed by atoms with Gasteiger partial charge in [-0.05, 0) is 67.9 Å². The van der Waals surface area contributed by atoms with Crippen LogP contribution in [0.5, 0.6) is 0 Å². The van der Waals surface area contributed by atoms with Gasteiger partial charge in [-0.2, -0.15) is 10.0 Å². The molecule has 0 atom stereocenters. The molecule has 0 unspecified atom stereocenters. The number of amidine groups is 2. The monoisotopic (exact) mass is 489 g/mol. The van der Waals surface area contributed by atoms with Gasteiger partial charge >= 0.3 is 0 Å². The van der Waals surface area contributed by atoms with Gasteiger partial charge in [0.05, 0.1) is 11.3 Å². The van der Waals surface area contributed by atoms with Crippen molar-refractivity contribution < 1.29 is 13.2 Å². The standard InChI is InChI=1S/C21H20ClN5O3S2/c1-5-32(29,30)21-25-27-18(23)15(19(28)24-20(27)31-21)10-14-9-11(2)26(13(14)4)17-8-6-7-16(22)12(17)3/h6-10,23H,5H2,1-4H3/b15-10+,23-18?. The molecule has 32 heavy (non-hydrogen) atoms. The van der Waals surface area contributed by atoms with E-state index in [-0.39, 0.29) is 26.7 Å². The number of rotatable bonds is 3. The summed E-state index contributed by atoms with van der Waals surface area (Å²) in [5.41, 5.74) is 4.44. The Kier molecular flexibility index (Phi) is 5.64. The van der Waals surface area contributed by atoms with Crippen LogP contribution in [-0.4, -0.2) is 45.0 Å². The molecule has 2 aromatic rings. The highest BCUT2D eigenvalue weighted by Gasteiger charge is 2.39. The number of amides is 1. The zero-order valence-electron chi connectivity index (χ0n) is 17.8. The van der Waals surface area contributed by atoms with E-state index in [9.17, 15) is 13.2 Å². The Morgan fingerprint density at radius 1 is 1.25 bits per heavy atom. The van der Waals surface area contributed by atoms with Gasteiger partial charge in [-0.15, -0.1) is 5.10 Å². The van der Waals surface area contributed by atoms with E-state index in [1.807, 2.05) is 49.6 Å². The second-order valence-electron chi connectivity index (χ2n) is 7.34. The molecule has 3 heterocycles. The van der Waals surface area contributed by atoms with Crippen molar-refractivity contribution in [2.75, 3.05) is 5.75 Å². The van der Waals surface area contributed by atoms with Gasteiger partial charge in [-0.1, -0.05) is 24.6 Å². The van der Waals surface area contributed by atoms with Crippen LogP contribution in [0.2, 0.25) is 5.02 Å². The van der Waals surface area contributed by atoms with E-state index in [1.165, 1.54) is 6.92 Å². The average molecular weight is 490 g/mol. The van der Waals surface area contributed by atoms with E-state index in [1.54, 1.807) is 6.08 Å². The molecule has 0 saturated carbocycles. The van der Waals surface area contributed by atoms with Gasteiger partial charge in [0.25, 0.3) is 5.91 Å². The van der Waals surface area contributed by atoms with Crippen molar-refractivity contribution in [3.63, 3.8) is 0 Å². The Hall–Kier alpha value is -2.69. The number of nitrogens with one attached hydrogen (secondary N) is 1. The molecule has 1 aromatic heterocycles. The first-order valence-corrected chi connectivity index (χ1v) is 12.6. The van der Waals surface area contributed by atoms with Crippen molar-refractivity contribution in [2.45, 2.75) is 27.7 Å². The highest BCUT2D eigenvalue weighted by molar-refractivity contribution is 8.42. The van der Waals surface area contributed by atoms with Gasteiger partial charge in [0.15, 0.2) is 5.84 Å². The van der Waals surface area contributed by atoms with E-state index >= 15 is 0 Å². The normalized spacial score (nSPS) is 17.7. The number of hydrogen-bond donors (Lipinski definition) is 1. The lowest BCUT2D eigenvalue weighted by Crippen LogP contribution is -2.35. The van der Waals surface area contributed by atoms with Gasteiger partial charge in [-0.3, -0.25) is 10.2 Å². The molecular formula is C21H20ClN5O3S2. The summed E-state index contributed by atoms with van der Waals surface area (Å²) in [5.74, 6) is -0.945. The van der Waals surface area contributed by atoms with E-state index in [0.717, 1.165) is 45.0 Å². The summed E-state index contributed by atoms with van der Waals surface area (Å²) in [7, 11) is -3.57. The number of hydrazone groups is 1. The zero-order valence-corrected chi connectivity index (χ0v) is 20.2. The molecular weight excluding hydrogens is 470 g/mol. The minimum Gasteiger partial charge on any atom is -0.318 e. The largest absolute Gasteiger partial charge is 0.318 e. The summed E-state index contributed by atoms with van der Waals surface area (Å²) >= 11 is 7.08. The number of hydrogen-bond acceptors (Lipinski definition) is 6. The van der Waals surface area contributed by atoms with E-state index in [0.29, 0.717) is 5.02 Å². The highest BCUT2D eigenvalue weighted by atomic mass is 35.5. The average Bonchev–Trinajstić information content (AvgIpc) is 3.29. The third-order valence-corrected chi connectivity index (χ3v) is 8.83. The topological polar surface area (TPSA) is 108 Å². The number of fused-ring (bicyclic) bond motifs is 1. The van der Waals surface area contributed by atoms with E-state index < -0.39 is 15.7 Å². The predicted molar refractivity (Wildman–Crippen MR) is 129 cm³/mol. The summed E-state index contributed by atoms with van der Waals surface area (Å²) in [6.07, 6.45) is 1.59. The van der Waals surface area contributed by atoms with Crippen molar-refractivity contribution in [3.05, 3.63) is 57.4 Å². The molecule has 166 valence electrons. The van der Waals surface area contributed by atoms with Gasteiger partial charge in [0.2, 0.25) is 19.4 Å². The first-order chi connectivity index (χ1) is 15.0. The number of benzene rings is 1. The van der Waals surface area contributed by atoms with E-state index in [2.05, 4.69) is 10.1 Å². The lowest BCUT2D eigenvalue weighted by molar-refractivity contribution is -0.114. The first kappa shape index (κ1) is 22.5. The summed E-state index contributed by atoms with van der Waals surface area (Å²) in [5, 5.41) is 14.3. The van der Waals surface area contributed by atoms with Gasteiger partial charge in [0.1, 0.15) is 0 Å². The van der Waals surface area contributed by atoms with Crippen LogP contribution in [0.1, 0.15) is 29.4 Å². The zero-order chi connectivity index (χ0) is 23.4. The Bertz CT molecular complexity index is 1390. The Morgan fingerprint density at radius 3 is 2.66 bits per heavy atom. The summed E-state index contributed by atoms with van der Waals surface area (Å²) in [6, 6.07) is 7.59. The van der Waals surface area contributed by atoms with Crippen LogP contribution in [-0.2, 0) is 14.6 Å². The number of aromatic nitrogens is 1. The Labute approximate surface area is 195 Å². The van der Waals surface area contributed by atoms with Crippen molar-refractivity contribution in [2.24, 2.45) is 10.1 Å². The number of sulfone groups is 1. The summed E-state index contributed by atoms with van der Waals surface area (Å²) in [4.78, 5) is 16.7. The summed E-state index contributed by atoms with van der Waals surface area (Å²) < 4.78 is 26.2. The molecule has 1 N–H and O–H groups in total. The smallest absolute Gasteiger partial charge is 0.283 e. The van der Waals surface area contributed by atoms with Crippen molar-refractivity contribution >= 4 is 60.6 Å². The molecule has 8 nitrogen and oxygen atoms in total. The molecule has 0 bridgehead atoms. The second-order valence-corrected chi connectivity index (χ2v) is 11.2.